The van der Waals surface area contributed by atoms with E-state index in [1.807, 2.05) is 86.6 Å². The number of benzene rings is 3. The number of nitrogens with zero attached hydrogens (tertiary/aromatic N) is 5. The molecule has 0 atom stereocenters. The third-order valence-corrected chi connectivity index (χ3v) is 7.03. The van der Waals surface area contributed by atoms with Gasteiger partial charge in [0.1, 0.15) is 5.75 Å². The minimum atomic E-state index is -0.0307. The summed E-state index contributed by atoms with van der Waals surface area (Å²) < 4.78 is 7.31. The second-order valence-electron chi connectivity index (χ2n) is 8.36. The minimum Gasteiger partial charge on any atom is -0.497 e. The van der Waals surface area contributed by atoms with Gasteiger partial charge in [0.05, 0.1) is 24.2 Å². The van der Waals surface area contributed by atoms with Crippen molar-refractivity contribution in [3.8, 4) is 22.8 Å². The Morgan fingerprint density at radius 1 is 1.00 bits per heavy atom. The minimum absolute atomic E-state index is 0.0307. The van der Waals surface area contributed by atoms with Crippen LogP contribution in [-0.2, 0) is 4.79 Å². The molecule has 1 aromatic heterocycles. The van der Waals surface area contributed by atoms with Crippen LogP contribution < -0.4 is 15.1 Å². The molecule has 1 fully saturated rings. The van der Waals surface area contributed by atoms with E-state index in [0.29, 0.717) is 27.5 Å². The quantitative estimate of drug-likeness (QED) is 0.252. The molecular weight excluding hydrogens is 504 g/mol. The first kappa shape index (κ1) is 24.7. The molecule has 186 valence electrons. The third-order valence-electron chi connectivity index (χ3n) is 5.83. The van der Waals surface area contributed by atoms with Gasteiger partial charge >= 0.3 is 0 Å². The Bertz CT molecular complexity index is 1550. The zero-order valence-electron chi connectivity index (χ0n) is 20.5. The highest BCUT2D eigenvalue weighted by atomic mass is 32.2. The van der Waals surface area contributed by atoms with Gasteiger partial charge in [0.2, 0.25) is 16.6 Å². The molecule has 1 amide bonds. The summed E-state index contributed by atoms with van der Waals surface area (Å²) in [6.07, 6.45) is 0. The standard InChI is InChI=1S/C27H24N6O2S2/c1-17-8-12-20(13-9-17)32-25(28-24(29-26(32)36)19-10-14-21(35-3)15-11-19)30-31-27-33(23(34)16-37-27)22-7-5-4-6-18(22)2/h4-15H,16H2,1-3H3,(H,28,29,30,36)/b31-27-. The zero-order valence-corrected chi connectivity index (χ0v) is 22.1. The number of aromatic nitrogens is 3. The highest BCUT2D eigenvalue weighted by Crippen LogP contribution is 2.30. The summed E-state index contributed by atoms with van der Waals surface area (Å²) in [6.45, 7) is 3.99. The molecule has 8 nitrogen and oxygen atoms in total. The fraction of sp³-hybridized carbons (Fsp3) is 0.148. The number of hydrogen-bond acceptors (Lipinski definition) is 8. The van der Waals surface area contributed by atoms with Crippen molar-refractivity contribution in [2.75, 3.05) is 23.2 Å². The number of anilines is 2. The van der Waals surface area contributed by atoms with Crippen molar-refractivity contribution in [3.63, 3.8) is 0 Å². The van der Waals surface area contributed by atoms with E-state index in [0.717, 1.165) is 33.8 Å². The van der Waals surface area contributed by atoms with E-state index in [1.54, 1.807) is 16.6 Å². The van der Waals surface area contributed by atoms with Gasteiger partial charge in [0, 0.05) is 5.56 Å². The average molecular weight is 529 g/mol. The number of rotatable bonds is 6. The molecule has 2 heterocycles. The number of methoxy groups -OCH3 is 1. The SMILES string of the molecule is COc1ccc(-c2nc(N/N=C3\SCC(=O)N3c3ccccc3C)n(-c3ccc(C)cc3)c(=S)n2)cc1. The molecule has 10 heteroatoms. The Balaban J connectivity index is 1.59. The van der Waals surface area contributed by atoms with Crippen LogP contribution in [0.15, 0.2) is 77.9 Å². The molecule has 0 radical (unpaired) electrons. The normalized spacial score (nSPS) is 14.3. The number of hydrazone groups is 1. The van der Waals surface area contributed by atoms with Gasteiger partial charge in [-0.2, -0.15) is 9.97 Å². The number of amides is 1. The van der Waals surface area contributed by atoms with Gasteiger partial charge in [-0.3, -0.25) is 14.3 Å². The van der Waals surface area contributed by atoms with E-state index >= 15 is 0 Å². The molecule has 0 aliphatic carbocycles. The average Bonchev–Trinajstić information content (AvgIpc) is 3.28. The lowest BCUT2D eigenvalue weighted by Gasteiger charge is -2.19. The molecule has 4 aromatic rings. The Morgan fingerprint density at radius 3 is 2.43 bits per heavy atom. The summed E-state index contributed by atoms with van der Waals surface area (Å²) in [7, 11) is 1.62. The lowest BCUT2D eigenvalue weighted by molar-refractivity contribution is -0.115. The van der Waals surface area contributed by atoms with E-state index in [-0.39, 0.29) is 5.91 Å². The van der Waals surface area contributed by atoms with Crippen molar-refractivity contribution in [3.05, 3.63) is 88.7 Å². The Labute approximate surface area is 224 Å². The third kappa shape index (κ3) is 5.11. The van der Waals surface area contributed by atoms with E-state index in [1.165, 1.54) is 11.8 Å². The Morgan fingerprint density at radius 2 is 1.73 bits per heavy atom. The molecule has 5 rings (SSSR count). The molecule has 1 saturated heterocycles. The molecule has 0 saturated carbocycles. The topological polar surface area (TPSA) is 84.6 Å². The van der Waals surface area contributed by atoms with Crippen LogP contribution in [0.2, 0.25) is 0 Å². The Hall–Kier alpha value is -4.02. The van der Waals surface area contributed by atoms with Crippen LogP contribution in [0, 0.1) is 18.6 Å². The summed E-state index contributed by atoms with van der Waals surface area (Å²) in [5.41, 5.74) is 7.56. The van der Waals surface area contributed by atoms with Gasteiger partial charge in [-0.1, -0.05) is 47.7 Å². The van der Waals surface area contributed by atoms with Crippen molar-refractivity contribution in [1.82, 2.24) is 14.5 Å². The molecule has 1 aliphatic rings. The maximum absolute atomic E-state index is 12.8. The van der Waals surface area contributed by atoms with Crippen LogP contribution in [0.3, 0.4) is 0 Å². The van der Waals surface area contributed by atoms with Gasteiger partial charge in [-0.25, -0.2) is 5.43 Å². The van der Waals surface area contributed by atoms with Gasteiger partial charge in [0.25, 0.3) is 0 Å². The Kier molecular flexibility index (Phi) is 7.02. The first-order valence-corrected chi connectivity index (χ1v) is 12.9. The molecular formula is C27H24N6O2S2. The second-order valence-corrected chi connectivity index (χ2v) is 9.67. The van der Waals surface area contributed by atoms with Crippen LogP contribution in [0.25, 0.3) is 17.1 Å². The van der Waals surface area contributed by atoms with Gasteiger partial charge < -0.3 is 4.74 Å². The van der Waals surface area contributed by atoms with Crippen LogP contribution in [0.4, 0.5) is 11.6 Å². The maximum Gasteiger partial charge on any atom is 0.243 e. The van der Waals surface area contributed by atoms with Crippen molar-refractivity contribution >= 4 is 46.7 Å². The fourth-order valence-electron chi connectivity index (χ4n) is 3.87. The highest BCUT2D eigenvalue weighted by Gasteiger charge is 2.31. The van der Waals surface area contributed by atoms with Crippen LogP contribution in [0.5, 0.6) is 5.75 Å². The summed E-state index contributed by atoms with van der Waals surface area (Å²) in [6, 6.07) is 23.1. The van der Waals surface area contributed by atoms with Gasteiger partial charge in [-0.15, -0.1) is 5.10 Å². The number of carbonyl (C=O) groups excluding carboxylic acids is 1. The number of thioether (sulfide) groups is 1. The smallest absolute Gasteiger partial charge is 0.243 e. The van der Waals surface area contributed by atoms with Crippen molar-refractivity contribution in [2.24, 2.45) is 5.10 Å². The summed E-state index contributed by atoms with van der Waals surface area (Å²) in [5.74, 6) is 1.84. The largest absolute Gasteiger partial charge is 0.497 e. The fourth-order valence-corrected chi connectivity index (χ4v) is 4.97. The number of ether oxygens (including phenoxy) is 1. The first-order chi connectivity index (χ1) is 17.9. The molecule has 1 aliphatic heterocycles. The van der Waals surface area contributed by atoms with E-state index in [4.69, 9.17) is 21.9 Å². The number of hydrogen-bond donors (Lipinski definition) is 1. The van der Waals surface area contributed by atoms with Crippen LogP contribution >= 0.6 is 24.0 Å². The lowest BCUT2D eigenvalue weighted by Crippen LogP contribution is -2.30. The second kappa shape index (κ2) is 10.5. The maximum atomic E-state index is 12.8. The predicted molar refractivity (Wildman–Crippen MR) is 151 cm³/mol. The zero-order chi connectivity index (χ0) is 25.9. The monoisotopic (exact) mass is 528 g/mol. The summed E-state index contributed by atoms with van der Waals surface area (Å²) in [5, 5.41) is 5.14. The number of carbonyl (C=O) groups is 1. The van der Waals surface area contributed by atoms with E-state index < -0.39 is 0 Å². The number of nitrogens with one attached hydrogen (secondary N) is 1. The van der Waals surface area contributed by atoms with Crippen LogP contribution in [0.1, 0.15) is 11.1 Å². The van der Waals surface area contributed by atoms with Crippen molar-refractivity contribution in [2.45, 2.75) is 13.8 Å². The molecule has 0 spiro atoms. The summed E-state index contributed by atoms with van der Waals surface area (Å²) in [4.78, 5) is 23.7. The van der Waals surface area contributed by atoms with Gasteiger partial charge in [-0.05, 0) is 74.1 Å². The van der Waals surface area contributed by atoms with Crippen LogP contribution in [-0.4, -0.2) is 38.5 Å². The van der Waals surface area contributed by atoms with Gasteiger partial charge in [0.15, 0.2) is 11.0 Å². The van der Waals surface area contributed by atoms with E-state index in [2.05, 4.69) is 15.5 Å². The number of amidine groups is 1. The lowest BCUT2D eigenvalue weighted by atomic mass is 10.2. The molecule has 37 heavy (non-hydrogen) atoms. The van der Waals surface area contributed by atoms with Crippen molar-refractivity contribution < 1.29 is 9.53 Å². The first-order valence-electron chi connectivity index (χ1n) is 11.5. The molecule has 0 unspecified atom stereocenters. The highest BCUT2D eigenvalue weighted by molar-refractivity contribution is 8.15. The summed E-state index contributed by atoms with van der Waals surface area (Å²) >= 11 is 7.07. The molecule has 1 N–H and O–H groups in total. The number of para-hydroxylation sites is 1. The van der Waals surface area contributed by atoms with Crippen molar-refractivity contribution in [1.29, 1.82) is 0 Å². The molecule has 0 bridgehead atoms. The van der Waals surface area contributed by atoms with E-state index in [9.17, 15) is 4.79 Å². The number of aryl methyl sites for hydroxylation is 2. The molecule has 3 aromatic carbocycles. The predicted octanol–water partition coefficient (Wildman–Crippen LogP) is 5.75.